The van der Waals surface area contributed by atoms with Crippen LogP contribution in [0.15, 0.2) is 42.5 Å². The summed E-state index contributed by atoms with van der Waals surface area (Å²) >= 11 is 0. The molecular weight excluding hydrogens is 271 g/mol. The van der Waals surface area contributed by atoms with Gasteiger partial charge in [-0.15, -0.1) is 0 Å². The summed E-state index contributed by atoms with van der Waals surface area (Å²) in [6.07, 6.45) is 12.3. The number of hydrogen-bond acceptors (Lipinski definition) is 2. The van der Waals surface area contributed by atoms with E-state index in [0.29, 0.717) is 12.8 Å². The van der Waals surface area contributed by atoms with E-state index in [0.717, 1.165) is 17.6 Å². The fourth-order valence-corrected chi connectivity index (χ4v) is 3.29. The molecule has 0 heterocycles. The van der Waals surface area contributed by atoms with Crippen LogP contribution in [0.1, 0.15) is 57.1 Å². The first-order valence-corrected chi connectivity index (χ1v) is 8.46. The molecule has 1 atom stereocenters. The van der Waals surface area contributed by atoms with E-state index in [1.54, 1.807) is 0 Å². The third kappa shape index (κ3) is 3.53. The standard InChI is InChI=1S/C19H27BO2/c1-3-5-6-9-16-11-13-17(14-12-16)18-10-7-8-15-19(18,4-2)20(21)22/h7-8,10-14,21-22H,3-6,9,15H2,1-2H3. The van der Waals surface area contributed by atoms with Crippen molar-refractivity contribution in [2.24, 2.45) is 0 Å². The number of rotatable bonds is 7. The molecule has 1 aliphatic carbocycles. The van der Waals surface area contributed by atoms with Gasteiger partial charge in [0, 0.05) is 5.31 Å². The van der Waals surface area contributed by atoms with E-state index in [4.69, 9.17) is 0 Å². The third-order valence-electron chi connectivity index (χ3n) is 4.88. The van der Waals surface area contributed by atoms with Gasteiger partial charge in [-0.1, -0.05) is 69.2 Å². The summed E-state index contributed by atoms with van der Waals surface area (Å²) in [5.74, 6) is 0. The first-order chi connectivity index (χ1) is 10.6. The summed E-state index contributed by atoms with van der Waals surface area (Å²) in [4.78, 5) is 0. The van der Waals surface area contributed by atoms with Crippen molar-refractivity contribution in [2.45, 2.75) is 57.7 Å². The Balaban J connectivity index is 2.22. The highest BCUT2D eigenvalue weighted by molar-refractivity contribution is 6.49. The molecule has 2 N–H and O–H groups in total. The van der Waals surface area contributed by atoms with Gasteiger partial charge in [0.05, 0.1) is 0 Å². The van der Waals surface area contributed by atoms with Crippen LogP contribution < -0.4 is 0 Å². The predicted octanol–water partition coefficient (Wildman–Crippen LogP) is 4.39. The molecule has 0 aliphatic heterocycles. The highest BCUT2D eigenvalue weighted by Crippen LogP contribution is 2.51. The summed E-state index contributed by atoms with van der Waals surface area (Å²) in [6, 6.07) is 8.60. The number of hydrogen-bond donors (Lipinski definition) is 2. The molecule has 0 spiro atoms. The van der Waals surface area contributed by atoms with Crippen LogP contribution in [-0.4, -0.2) is 17.2 Å². The van der Waals surface area contributed by atoms with Crippen LogP contribution >= 0.6 is 0 Å². The van der Waals surface area contributed by atoms with E-state index in [9.17, 15) is 10.0 Å². The van der Waals surface area contributed by atoms with Crippen molar-refractivity contribution in [3.63, 3.8) is 0 Å². The highest BCUT2D eigenvalue weighted by Gasteiger charge is 2.44. The molecule has 0 amide bonds. The van der Waals surface area contributed by atoms with Gasteiger partial charge in [-0.05, 0) is 42.4 Å². The Kier molecular flexibility index (Phi) is 6.04. The number of unbranched alkanes of at least 4 members (excludes halogenated alkanes) is 2. The van der Waals surface area contributed by atoms with Crippen molar-refractivity contribution < 1.29 is 10.0 Å². The predicted molar refractivity (Wildman–Crippen MR) is 94.6 cm³/mol. The molecule has 2 nitrogen and oxygen atoms in total. The van der Waals surface area contributed by atoms with Crippen LogP contribution in [0.2, 0.25) is 5.31 Å². The molecule has 1 unspecified atom stereocenters. The van der Waals surface area contributed by atoms with Gasteiger partial charge < -0.3 is 10.0 Å². The maximum absolute atomic E-state index is 9.94. The molecule has 1 aromatic rings. The number of benzene rings is 1. The van der Waals surface area contributed by atoms with E-state index in [1.807, 2.05) is 25.2 Å². The van der Waals surface area contributed by atoms with Gasteiger partial charge in [-0.2, -0.15) is 0 Å². The summed E-state index contributed by atoms with van der Waals surface area (Å²) in [5, 5.41) is 19.3. The molecule has 0 fully saturated rings. The second-order valence-corrected chi connectivity index (χ2v) is 6.25. The maximum atomic E-state index is 9.94. The average molecular weight is 298 g/mol. The number of allylic oxidation sites excluding steroid dienone is 4. The van der Waals surface area contributed by atoms with Crippen molar-refractivity contribution in [2.75, 3.05) is 0 Å². The quantitative estimate of drug-likeness (QED) is 0.579. The molecule has 1 aliphatic rings. The average Bonchev–Trinajstić information content (AvgIpc) is 2.55. The fraction of sp³-hybridized carbons (Fsp3) is 0.474. The minimum absolute atomic E-state index is 0.585. The fourth-order valence-electron chi connectivity index (χ4n) is 3.29. The molecule has 118 valence electrons. The second-order valence-electron chi connectivity index (χ2n) is 6.25. The lowest BCUT2D eigenvalue weighted by atomic mass is 9.49. The van der Waals surface area contributed by atoms with Crippen LogP contribution in [-0.2, 0) is 6.42 Å². The van der Waals surface area contributed by atoms with Crippen molar-refractivity contribution >= 4 is 12.7 Å². The van der Waals surface area contributed by atoms with Gasteiger partial charge in [0.15, 0.2) is 0 Å². The normalized spacial score (nSPS) is 20.8. The molecular formula is C19H27BO2. The van der Waals surface area contributed by atoms with E-state index in [2.05, 4.69) is 31.2 Å². The van der Waals surface area contributed by atoms with Gasteiger partial charge in [-0.3, -0.25) is 0 Å². The van der Waals surface area contributed by atoms with E-state index < -0.39 is 12.4 Å². The lowest BCUT2D eigenvalue weighted by Gasteiger charge is -2.35. The molecule has 0 saturated heterocycles. The molecule has 22 heavy (non-hydrogen) atoms. The zero-order chi connectivity index (χ0) is 16.0. The van der Waals surface area contributed by atoms with Crippen LogP contribution in [0.5, 0.6) is 0 Å². The lowest BCUT2D eigenvalue weighted by molar-refractivity contribution is 0.357. The lowest BCUT2D eigenvalue weighted by Crippen LogP contribution is -2.34. The largest absolute Gasteiger partial charge is 0.463 e. The molecule has 0 aromatic heterocycles. The Morgan fingerprint density at radius 1 is 1.09 bits per heavy atom. The van der Waals surface area contributed by atoms with Gasteiger partial charge in [-0.25, -0.2) is 0 Å². The molecule has 0 saturated carbocycles. The minimum Gasteiger partial charge on any atom is -0.426 e. The van der Waals surface area contributed by atoms with Crippen molar-refractivity contribution in [1.82, 2.24) is 0 Å². The van der Waals surface area contributed by atoms with Crippen LogP contribution in [0, 0.1) is 0 Å². The Morgan fingerprint density at radius 2 is 1.82 bits per heavy atom. The Morgan fingerprint density at radius 3 is 2.41 bits per heavy atom. The van der Waals surface area contributed by atoms with Gasteiger partial charge in [0.1, 0.15) is 0 Å². The maximum Gasteiger partial charge on any atom is 0.463 e. The van der Waals surface area contributed by atoms with E-state index in [1.165, 1.54) is 24.8 Å². The molecule has 1 aromatic carbocycles. The summed E-state index contributed by atoms with van der Waals surface area (Å²) in [5.41, 5.74) is 3.49. The topological polar surface area (TPSA) is 40.5 Å². The zero-order valence-corrected chi connectivity index (χ0v) is 13.8. The SMILES string of the molecule is CCCCCc1ccc(C2=CC=CCC2(CC)B(O)O)cc1. The monoisotopic (exact) mass is 298 g/mol. The van der Waals surface area contributed by atoms with Gasteiger partial charge in [0.25, 0.3) is 0 Å². The Hall–Kier alpha value is -1.32. The molecule has 0 bridgehead atoms. The first-order valence-electron chi connectivity index (χ1n) is 8.46. The van der Waals surface area contributed by atoms with E-state index in [-0.39, 0.29) is 0 Å². The zero-order valence-electron chi connectivity index (χ0n) is 13.8. The molecule has 0 radical (unpaired) electrons. The second kappa shape index (κ2) is 7.80. The van der Waals surface area contributed by atoms with Crippen molar-refractivity contribution in [1.29, 1.82) is 0 Å². The number of aryl methyl sites for hydroxylation is 1. The smallest absolute Gasteiger partial charge is 0.426 e. The first kappa shape index (κ1) is 17.0. The molecule has 3 heteroatoms. The Bertz CT molecular complexity index is 531. The molecule has 2 rings (SSSR count). The summed E-state index contributed by atoms with van der Waals surface area (Å²) < 4.78 is 0. The van der Waals surface area contributed by atoms with Gasteiger partial charge >= 0.3 is 7.12 Å². The third-order valence-corrected chi connectivity index (χ3v) is 4.88. The Labute approximate surface area is 134 Å². The van der Waals surface area contributed by atoms with Crippen LogP contribution in [0.25, 0.3) is 5.57 Å². The van der Waals surface area contributed by atoms with Crippen molar-refractivity contribution in [3.8, 4) is 0 Å². The summed E-state index contributed by atoms with van der Waals surface area (Å²) in [6.45, 7) is 4.24. The van der Waals surface area contributed by atoms with Crippen LogP contribution in [0.3, 0.4) is 0 Å². The minimum atomic E-state index is -1.34. The van der Waals surface area contributed by atoms with Gasteiger partial charge in [0.2, 0.25) is 0 Å². The summed E-state index contributed by atoms with van der Waals surface area (Å²) in [7, 11) is -1.34. The highest BCUT2D eigenvalue weighted by atomic mass is 16.4. The van der Waals surface area contributed by atoms with Crippen molar-refractivity contribution in [3.05, 3.63) is 53.6 Å². The van der Waals surface area contributed by atoms with Crippen LogP contribution in [0.4, 0.5) is 0 Å². The van der Waals surface area contributed by atoms with E-state index >= 15 is 0 Å².